The fraction of sp³-hybridized carbons (Fsp3) is 0.273. The first-order valence-corrected chi connectivity index (χ1v) is 9.52. The van der Waals surface area contributed by atoms with E-state index < -0.39 is 5.97 Å². The zero-order chi connectivity index (χ0) is 19.1. The van der Waals surface area contributed by atoms with Gasteiger partial charge in [-0.1, -0.05) is 30.3 Å². The van der Waals surface area contributed by atoms with Gasteiger partial charge in [0.05, 0.1) is 30.2 Å². The van der Waals surface area contributed by atoms with Crippen LogP contribution >= 0.6 is 0 Å². The van der Waals surface area contributed by atoms with Gasteiger partial charge in [-0.05, 0) is 23.3 Å². The largest absolute Gasteiger partial charge is 0.478 e. The van der Waals surface area contributed by atoms with Gasteiger partial charge in [0.25, 0.3) is 0 Å². The molecule has 1 aliphatic heterocycles. The minimum Gasteiger partial charge on any atom is -0.478 e. The average Bonchev–Trinajstić information content (AvgIpc) is 3.27. The van der Waals surface area contributed by atoms with Gasteiger partial charge in [-0.15, -0.1) is 0 Å². The highest BCUT2D eigenvalue weighted by molar-refractivity contribution is 5.88. The van der Waals surface area contributed by atoms with E-state index in [0.717, 1.165) is 56.2 Å². The van der Waals surface area contributed by atoms with E-state index in [2.05, 4.69) is 33.3 Å². The Morgan fingerprint density at radius 2 is 1.93 bits per heavy atom. The molecule has 5 rings (SSSR count). The number of nitrogens with zero attached hydrogens (tertiary/aromatic N) is 2. The molecule has 0 radical (unpaired) electrons. The third kappa shape index (κ3) is 3.00. The number of aromatic amines is 1. The molecular formula is C22H21N3O3. The molecule has 0 unspecified atom stereocenters. The molecule has 142 valence electrons. The Kier molecular flexibility index (Phi) is 4.22. The highest BCUT2D eigenvalue weighted by atomic mass is 16.5. The van der Waals surface area contributed by atoms with Gasteiger partial charge in [-0.25, -0.2) is 4.79 Å². The van der Waals surface area contributed by atoms with Gasteiger partial charge in [0.1, 0.15) is 0 Å². The van der Waals surface area contributed by atoms with Crippen molar-refractivity contribution < 1.29 is 14.6 Å². The topological polar surface area (TPSA) is 78.4 Å². The van der Waals surface area contributed by atoms with Crippen molar-refractivity contribution in [2.24, 2.45) is 0 Å². The van der Waals surface area contributed by atoms with E-state index >= 15 is 0 Å². The summed E-state index contributed by atoms with van der Waals surface area (Å²) in [4.78, 5) is 13.5. The maximum Gasteiger partial charge on any atom is 0.335 e. The predicted octanol–water partition coefficient (Wildman–Crippen LogP) is 3.18. The van der Waals surface area contributed by atoms with Crippen LogP contribution < -0.4 is 0 Å². The summed E-state index contributed by atoms with van der Waals surface area (Å²) in [5.74, 6) is -0.918. The Labute approximate surface area is 162 Å². The lowest BCUT2D eigenvalue weighted by molar-refractivity contribution is 0.0342. The van der Waals surface area contributed by atoms with E-state index in [1.807, 2.05) is 12.1 Å². The molecule has 2 aromatic carbocycles. The molecule has 6 nitrogen and oxygen atoms in total. The zero-order valence-electron chi connectivity index (χ0n) is 15.4. The number of carboxylic acids is 1. The molecule has 0 bridgehead atoms. The van der Waals surface area contributed by atoms with Crippen LogP contribution in [-0.4, -0.2) is 52.5 Å². The molecule has 1 fully saturated rings. The first-order valence-electron chi connectivity index (χ1n) is 9.52. The van der Waals surface area contributed by atoms with Crippen molar-refractivity contribution in [1.82, 2.24) is 15.1 Å². The molecular weight excluding hydrogens is 354 g/mol. The van der Waals surface area contributed by atoms with Crippen molar-refractivity contribution in [1.29, 1.82) is 0 Å². The lowest BCUT2D eigenvalue weighted by atomic mass is 10.0. The summed E-state index contributed by atoms with van der Waals surface area (Å²) in [7, 11) is 0. The van der Waals surface area contributed by atoms with E-state index in [1.54, 1.807) is 12.1 Å². The lowest BCUT2D eigenvalue weighted by Crippen LogP contribution is -2.35. The second-order valence-electron chi connectivity index (χ2n) is 7.37. The van der Waals surface area contributed by atoms with Crippen LogP contribution in [0.25, 0.3) is 22.5 Å². The van der Waals surface area contributed by atoms with Gasteiger partial charge >= 0.3 is 5.97 Å². The number of carboxylic acid groups (broad SMARTS) is 1. The molecule has 0 saturated carbocycles. The number of aromatic carboxylic acids is 1. The van der Waals surface area contributed by atoms with E-state index in [9.17, 15) is 4.79 Å². The zero-order valence-corrected chi connectivity index (χ0v) is 15.4. The van der Waals surface area contributed by atoms with E-state index in [0.29, 0.717) is 0 Å². The summed E-state index contributed by atoms with van der Waals surface area (Å²) < 4.78 is 5.43. The van der Waals surface area contributed by atoms with Crippen LogP contribution in [0.5, 0.6) is 0 Å². The average molecular weight is 375 g/mol. The lowest BCUT2D eigenvalue weighted by Gasteiger charge is -2.26. The van der Waals surface area contributed by atoms with Crippen LogP contribution in [0.1, 0.15) is 27.0 Å². The molecule has 0 amide bonds. The number of fused-ring (bicyclic) bond motifs is 3. The number of hydrogen-bond donors (Lipinski definition) is 2. The number of nitrogens with one attached hydrogen (secondary N) is 1. The monoisotopic (exact) mass is 375 g/mol. The molecule has 0 atom stereocenters. The highest BCUT2D eigenvalue weighted by Crippen LogP contribution is 2.40. The van der Waals surface area contributed by atoms with E-state index in [1.165, 1.54) is 22.3 Å². The third-order valence-corrected chi connectivity index (χ3v) is 5.59. The summed E-state index contributed by atoms with van der Waals surface area (Å²) in [5, 5.41) is 16.8. The van der Waals surface area contributed by atoms with Crippen molar-refractivity contribution in [2.75, 3.05) is 26.3 Å². The van der Waals surface area contributed by atoms with Gasteiger partial charge in [0.15, 0.2) is 0 Å². The summed E-state index contributed by atoms with van der Waals surface area (Å²) in [6.07, 6.45) is 0.841. The fourth-order valence-corrected chi connectivity index (χ4v) is 4.11. The Morgan fingerprint density at radius 1 is 1.14 bits per heavy atom. The maximum atomic E-state index is 11.1. The number of carbonyl (C=O) groups is 1. The maximum absolute atomic E-state index is 11.1. The van der Waals surface area contributed by atoms with Crippen LogP contribution in [0, 0.1) is 0 Å². The number of rotatable bonds is 4. The van der Waals surface area contributed by atoms with E-state index in [-0.39, 0.29) is 5.56 Å². The molecule has 2 N–H and O–H groups in total. The number of benzene rings is 2. The molecule has 1 aromatic heterocycles. The SMILES string of the molecule is O=C(O)c1ccc(-c2n[nH]c3c2Cc2cc(CN4CCOCC4)ccc2-3)cc1. The fourth-order valence-electron chi connectivity index (χ4n) is 4.11. The molecule has 1 aliphatic carbocycles. The number of H-pyrrole nitrogens is 1. The van der Waals surface area contributed by atoms with Crippen LogP contribution in [-0.2, 0) is 17.7 Å². The van der Waals surface area contributed by atoms with Gasteiger partial charge in [-0.2, -0.15) is 5.10 Å². The predicted molar refractivity (Wildman–Crippen MR) is 105 cm³/mol. The first kappa shape index (κ1) is 17.2. The minimum absolute atomic E-state index is 0.284. The van der Waals surface area contributed by atoms with Crippen LogP contribution in [0.2, 0.25) is 0 Å². The number of morpholine rings is 1. The van der Waals surface area contributed by atoms with Gasteiger partial charge in [0.2, 0.25) is 0 Å². The molecule has 0 spiro atoms. The molecule has 2 heterocycles. The normalized spacial score (nSPS) is 16.0. The Morgan fingerprint density at radius 3 is 2.68 bits per heavy atom. The van der Waals surface area contributed by atoms with Gasteiger partial charge < -0.3 is 9.84 Å². The second kappa shape index (κ2) is 6.89. The summed E-state index contributed by atoms with van der Waals surface area (Å²) in [6.45, 7) is 4.54. The van der Waals surface area contributed by atoms with Crippen LogP contribution in [0.4, 0.5) is 0 Å². The summed E-state index contributed by atoms with van der Waals surface area (Å²) in [5.41, 5.74) is 8.23. The number of hydrogen-bond acceptors (Lipinski definition) is 4. The van der Waals surface area contributed by atoms with Gasteiger partial charge in [-0.3, -0.25) is 10.00 Å². The molecule has 2 aliphatic rings. The number of aromatic nitrogens is 2. The first-order chi connectivity index (χ1) is 13.7. The molecule has 3 aromatic rings. The van der Waals surface area contributed by atoms with Crippen molar-refractivity contribution in [3.05, 3.63) is 64.7 Å². The second-order valence-corrected chi connectivity index (χ2v) is 7.37. The van der Waals surface area contributed by atoms with Crippen molar-refractivity contribution >= 4 is 5.97 Å². The Balaban J connectivity index is 1.40. The van der Waals surface area contributed by atoms with Gasteiger partial charge in [0, 0.05) is 42.7 Å². The minimum atomic E-state index is -0.918. The Bertz CT molecular complexity index is 1030. The summed E-state index contributed by atoms with van der Waals surface area (Å²) in [6, 6.07) is 13.6. The highest BCUT2D eigenvalue weighted by Gasteiger charge is 2.25. The van der Waals surface area contributed by atoms with Crippen LogP contribution in [0.15, 0.2) is 42.5 Å². The van der Waals surface area contributed by atoms with Crippen molar-refractivity contribution in [3.63, 3.8) is 0 Å². The standard InChI is InChI=1S/C22H21N3O3/c26-22(27)16-4-2-15(3-5-16)20-19-12-17-11-14(13-25-7-9-28-10-8-25)1-6-18(17)21(19)24-23-20/h1-6,11H,7-10,12-13H2,(H,23,24)(H,26,27). The van der Waals surface area contributed by atoms with Crippen LogP contribution in [0.3, 0.4) is 0 Å². The van der Waals surface area contributed by atoms with E-state index in [4.69, 9.17) is 9.84 Å². The van der Waals surface area contributed by atoms with Crippen molar-refractivity contribution in [2.45, 2.75) is 13.0 Å². The molecule has 6 heteroatoms. The molecule has 28 heavy (non-hydrogen) atoms. The Hall–Kier alpha value is -2.96. The van der Waals surface area contributed by atoms with Crippen molar-refractivity contribution in [3.8, 4) is 22.5 Å². The summed E-state index contributed by atoms with van der Waals surface area (Å²) >= 11 is 0. The number of ether oxygens (including phenoxy) is 1. The quantitative estimate of drug-likeness (QED) is 0.573. The smallest absolute Gasteiger partial charge is 0.335 e. The molecule has 1 saturated heterocycles. The third-order valence-electron chi connectivity index (χ3n) is 5.59.